The molecule has 0 aliphatic carbocycles. The summed E-state index contributed by atoms with van der Waals surface area (Å²) in [6.07, 6.45) is -2.53. The zero-order valence-electron chi connectivity index (χ0n) is 23.2. The molecular weight excluding hydrogens is 622 g/mol. The summed E-state index contributed by atoms with van der Waals surface area (Å²) in [5.74, 6) is -7.64. The van der Waals surface area contributed by atoms with E-state index in [2.05, 4.69) is 25.6 Å². The van der Waals surface area contributed by atoms with Crippen LogP contribution in [0.1, 0.15) is 29.0 Å². The van der Waals surface area contributed by atoms with Crippen molar-refractivity contribution in [3.63, 3.8) is 0 Å². The maximum atomic E-state index is 14.7. The lowest BCUT2D eigenvalue weighted by Crippen LogP contribution is -2.44. The van der Waals surface area contributed by atoms with Gasteiger partial charge in [0.1, 0.15) is 30.0 Å². The summed E-state index contributed by atoms with van der Waals surface area (Å²) >= 11 is 0. The van der Waals surface area contributed by atoms with E-state index in [0.29, 0.717) is 28.1 Å². The SMILES string of the molecule is NC(=O)c1nn(CC(=O)N2CC(F)CC2C(=O)Nc2cc(C(F)F)nc3c(F)cc(F)c(F)c23)c2ccc(-c3ccnnc3)cc12. The minimum absolute atomic E-state index is 0.121. The van der Waals surface area contributed by atoms with Gasteiger partial charge in [0.2, 0.25) is 11.8 Å². The Morgan fingerprint density at radius 3 is 2.50 bits per heavy atom. The van der Waals surface area contributed by atoms with Crippen LogP contribution in [0.4, 0.5) is 32.0 Å². The molecule has 0 radical (unpaired) electrons. The van der Waals surface area contributed by atoms with Crippen LogP contribution >= 0.6 is 0 Å². The number of pyridine rings is 1. The second-order valence-corrected chi connectivity index (χ2v) is 10.4. The monoisotopic (exact) mass is 642 g/mol. The van der Waals surface area contributed by atoms with E-state index < -0.39 is 95.6 Å². The molecule has 2 aromatic carbocycles. The van der Waals surface area contributed by atoms with Crippen LogP contribution in [0.3, 0.4) is 0 Å². The second-order valence-electron chi connectivity index (χ2n) is 10.4. The van der Waals surface area contributed by atoms with Gasteiger partial charge in [0.05, 0.1) is 35.5 Å². The number of hydrogen-bond acceptors (Lipinski definition) is 7. The lowest BCUT2D eigenvalue weighted by molar-refractivity contribution is -0.137. The Morgan fingerprint density at radius 1 is 1.02 bits per heavy atom. The number of carbonyl (C=O) groups excluding carboxylic acids is 3. The highest BCUT2D eigenvalue weighted by Gasteiger charge is 2.40. The Bertz CT molecular complexity index is 2040. The van der Waals surface area contributed by atoms with Crippen molar-refractivity contribution >= 4 is 45.2 Å². The summed E-state index contributed by atoms with van der Waals surface area (Å²) in [6.45, 7) is -1.12. The van der Waals surface area contributed by atoms with E-state index in [-0.39, 0.29) is 11.8 Å². The lowest BCUT2D eigenvalue weighted by atomic mass is 10.0. The van der Waals surface area contributed by atoms with E-state index in [1.807, 2.05) is 0 Å². The Hall–Kier alpha value is -5.61. The molecule has 1 aliphatic rings. The third-order valence-electron chi connectivity index (χ3n) is 7.49. The van der Waals surface area contributed by atoms with Gasteiger partial charge in [-0.15, -0.1) is 0 Å². The van der Waals surface area contributed by atoms with Crippen LogP contribution in [-0.2, 0) is 16.1 Å². The van der Waals surface area contributed by atoms with Crippen molar-refractivity contribution in [1.29, 1.82) is 0 Å². The number of nitrogens with one attached hydrogen (secondary N) is 1. The first-order valence-electron chi connectivity index (χ1n) is 13.5. The van der Waals surface area contributed by atoms with Gasteiger partial charge in [0.15, 0.2) is 23.1 Å². The summed E-state index contributed by atoms with van der Waals surface area (Å²) in [6, 6.07) is 5.67. The van der Waals surface area contributed by atoms with Crippen LogP contribution in [0.2, 0.25) is 0 Å². The fourth-order valence-electron chi connectivity index (χ4n) is 5.40. The Labute approximate surface area is 254 Å². The fourth-order valence-corrected chi connectivity index (χ4v) is 5.40. The van der Waals surface area contributed by atoms with Crippen molar-refractivity contribution in [2.24, 2.45) is 5.73 Å². The fraction of sp³-hybridized carbons (Fsp3) is 0.207. The first-order valence-corrected chi connectivity index (χ1v) is 13.5. The minimum atomic E-state index is -3.28. The average Bonchev–Trinajstić information content (AvgIpc) is 3.60. The molecule has 5 aromatic rings. The number of likely N-dealkylation sites (tertiary alicyclic amines) is 1. The van der Waals surface area contributed by atoms with Gasteiger partial charge in [-0.2, -0.15) is 15.3 Å². The van der Waals surface area contributed by atoms with Crippen molar-refractivity contribution < 1.29 is 40.7 Å². The number of benzene rings is 2. The first kappa shape index (κ1) is 30.4. The number of aromatic nitrogens is 5. The molecular formula is C29H20F6N8O3. The van der Waals surface area contributed by atoms with Crippen molar-refractivity contribution in [3.8, 4) is 11.1 Å². The van der Waals surface area contributed by atoms with Crippen LogP contribution in [0.5, 0.6) is 0 Å². The number of nitrogens with two attached hydrogens (primary N) is 1. The van der Waals surface area contributed by atoms with Crippen LogP contribution in [0.25, 0.3) is 32.9 Å². The van der Waals surface area contributed by atoms with E-state index in [0.717, 1.165) is 9.58 Å². The summed E-state index contributed by atoms with van der Waals surface area (Å²) in [5, 5.41) is 13.2. The highest BCUT2D eigenvalue weighted by atomic mass is 19.3. The summed E-state index contributed by atoms with van der Waals surface area (Å²) in [7, 11) is 0. The summed E-state index contributed by atoms with van der Waals surface area (Å²) in [4.78, 5) is 43.2. The van der Waals surface area contributed by atoms with E-state index in [9.17, 15) is 40.7 Å². The Morgan fingerprint density at radius 2 is 1.80 bits per heavy atom. The van der Waals surface area contributed by atoms with Gasteiger partial charge in [-0.3, -0.25) is 19.1 Å². The van der Waals surface area contributed by atoms with E-state index >= 15 is 0 Å². The molecule has 236 valence electrons. The maximum Gasteiger partial charge on any atom is 0.280 e. The number of alkyl halides is 3. The number of nitrogens with zero attached hydrogens (tertiary/aromatic N) is 6. The van der Waals surface area contributed by atoms with E-state index in [1.165, 1.54) is 12.4 Å². The van der Waals surface area contributed by atoms with E-state index in [1.54, 1.807) is 24.3 Å². The summed E-state index contributed by atoms with van der Waals surface area (Å²) < 4.78 is 86.0. The van der Waals surface area contributed by atoms with Gasteiger partial charge in [0.25, 0.3) is 12.3 Å². The van der Waals surface area contributed by atoms with Crippen molar-refractivity contribution in [2.75, 3.05) is 11.9 Å². The molecule has 2 atom stereocenters. The number of primary amides is 1. The summed E-state index contributed by atoms with van der Waals surface area (Å²) in [5.41, 5.74) is 4.23. The number of fused-ring (bicyclic) bond motifs is 2. The lowest BCUT2D eigenvalue weighted by Gasteiger charge is -2.24. The number of halogens is 6. The molecule has 1 fully saturated rings. The molecule has 3 amide bonds. The average molecular weight is 643 g/mol. The molecule has 0 spiro atoms. The molecule has 1 saturated heterocycles. The number of amides is 3. The van der Waals surface area contributed by atoms with Gasteiger partial charge in [0, 0.05) is 23.4 Å². The molecule has 6 rings (SSSR count). The minimum Gasteiger partial charge on any atom is -0.364 e. The first-order chi connectivity index (χ1) is 21.9. The number of carbonyl (C=O) groups is 3. The molecule has 3 aromatic heterocycles. The molecule has 0 saturated carbocycles. The van der Waals surface area contributed by atoms with E-state index in [4.69, 9.17) is 5.73 Å². The predicted octanol–water partition coefficient (Wildman–Crippen LogP) is 4.07. The van der Waals surface area contributed by atoms with Crippen molar-refractivity contribution in [2.45, 2.75) is 31.6 Å². The molecule has 3 N–H and O–H groups in total. The third-order valence-corrected chi connectivity index (χ3v) is 7.49. The van der Waals surface area contributed by atoms with Crippen LogP contribution in [-0.4, -0.2) is 66.3 Å². The zero-order chi connectivity index (χ0) is 32.9. The van der Waals surface area contributed by atoms with Crippen LogP contribution in [0, 0.1) is 17.5 Å². The standard InChI is InChI=1S/C29H20F6N8O3/c30-14-6-21(29(46)40-18-8-19(27(34)35)39-26-17(32)7-16(31)24(33)23(18)26)42(10-14)22(44)11-43-20-2-1-12(13-3-4-37-38-9-13)5-15(20)25(41-43)28(36)45/h1-5,7-9,14,21,27H,6,10-11H2,(H2,36,45)(H,39,40,46). The highest BCUT2D eigenvalue weighted by molar-refractivity contribution is 6.06. The largest absolute Gasteiger partial charge is 0.364 e. The Kier molecular flexibility index (Phi) is 7.75. The topological polar surface area (TPSA) is 149 Å². The number of anilines is 1. The predicted molar refractivity (Wildman–Crippen MR) is 149 cm³/mol. The van der Waals surface area contributed by atoms with Gasteiger partial charge in [-0.05, 0) is 29.8 Å². The van der Waals surface area contributed by atoms with Gasteiger partial charge < -0.3 is 16.0 Å². The van der Waals surface area contributed by atoms with Gasteiger partial charge in [-0.1, -0.05) is 6.07 Å². The third kappa shape index (κ3) is 5.43. The normalized spacial score (nSPS) is 16.5. The quantitative estimate of drug-likeness (QED) is 0.201. The van der Waals surface area contributed by atoms with Crippen LogP contribution < -0.4 is 11.1 Å². The van der Waals surface area contributed by atoms with Gasteiger partial charge in [-0.25, -0.2) is 31.3 Å². The van der Waals surface area contributed by atoms with Crippen LogP contribution in [0.15, 0.2) is 48.8 Å². The number of hydrogen-bond donors (Lipinski definition) is 2. The van der Waals surface area contributed by atoms with Crippen molar-refractivity contribution in [1.82, 2.24) is 29.9 Å². The van der Waals surface area contributed by atoms with Gasteiger partial charge >= 0.3 is 0 Å². The Balaban J connectivity index is 1.31. The zero-order valence-corrected chi connectivity index (χ0v) is 23.2. The smallest absolute Gasteiger partial charge is 0.280 e. The second kappa shape index (κ2) is 11.7. The molecule has 11 nitrogen and oxygen atoms in total. The highest BCUT2D eigenvalue weighted by Crippen LogP contribution is 2.34. The maximum absolute atomic E-state index is 14.7. The number of rotatable bonds is 7. The molecule has 2 unspecified atom stereocenters. The molecule has 46 heavy (non-hydrogen) atoms. The molecule has 4 heterocycles. The molecule has 1 aliphatic heterocycles. The molecule has 0 bridgehead atoms. The molecule has 17 heteroatoms. The van der Waals surface area contributed by atoms with Crippen molar-refractivity contribution in [3.05, 3.63) is 77.6 Å².